The second-order valence-corrected chi connectivity index (χ2v) is 7.81. The van der Waals surface area contributed by atoms with Gasteiger partial charge in [0, 0.05) is 22.0 Å². The van der Waals surface area contributed by atoms with E-state index in [-0.39, 0.29) is 30.9 Å². The Balaban J connectivity index is 1.79. The lowest BCUT2D eigenvalue weighted by Crippen LogP contribution is -2.36. The number of benzene rings is 1. The number of hydrogen-bond donors (Lipinski definition) is 1. The average Bonchev–Trinajstić information content (AvgIpc) is 3.36. The Hall–Kier alpha value is -2.35. The van der Waals surface area contributed by atoms with Crippen molar-refractivity contribution in [2.75, 3.05) is 0 Å². The van der Waals surface area contributed by atoms with Gasteiger partial charge >= 0.3 is 0 Å². The molecule has 1 N–H and O–H groups in total. The van der Waals surface area contributed by atoms with Crippen molar-refractivity contribution in [3.63, 3.8) is 0 Å². The minimum Gasteiger partial charge on any atom is -0.486 e. The molecule has 0 aliphatic carbocycles. The van der Waals surface area contributed by atoms with E-state index in [1.165, 1.54) is 17.6 Å². The summed E-state index contributed by atoms with van der Waals surface area (Å²) in [6.45, 7) is 4.39. The van der Waals surface area contributed by atoms with E-state index >= 15 is 0 Å². The van der Waals surface area contributed by atoms with Crippen molar-refractivity contribution in [2.45, 2.75) is 39.6 Å². The van der Waals surface area contributed by atoms with Crippen molar-refractivity contribution >= 4 is 28.8 Å². The molecule has 2 heterocycles. The number of nitrogens with zero attached hydrogens (tertiary/aromatic N) is 2. The Bertz CT molecular complexity index is 924. The third-order valence-electron chi connectivity index (χ3n) is 4.09. The van der Waals surface area contributed by atoms with Crippen molar-refractivity contribution < 1.29 is 19.1 Å². The van der Waals surface area contributed by atoms with Crippen LogP contribution in [0.2, 0.25) is 5.02 Å². The van der Waals surface area contributed by atoms with Gasteiger partial charge < -0.3 is 19.2 Å². The number of carbonyl (C=O) groups is 1. The minimum absolute atomic E-state index is 0.0458. The van der Waals surface area contributed by atoms with Gasteiger partial charge in [0.05, 0.1) is 25.1 Å². The van der Waals surface area contributed by atoms with Crippen molar-refractivity contribution in [1.82, 2.24) is 9.88 Å². The first-order chi connectivity index (χ1) is 13.5. The van der Waals surface area contributed by atoms with E-state index in [4.69, 9.17) is 25.9 Å². The summed E-state index contributed by atoms with van der Waals surface area (Å²) in [7, 11) is 0. The molecule has 0 atom stereocenters. The van der Waals surface area contributed by atoms with Gasteiger partial charge in [-0.3, -0.25) is 4.79 Å². The molecule has 0 aliphatic heterocycles. The number of ether oxygens (including phenoxy) is 1. The summed E-state index contributed by atoms with van der Waals surface area (Å²) >= 11 is 7.61. The number of hydrogen-bond acceptors (Lipinski definition) is 6. The predicted octanol–water partition coefficient (Wildman–Crippen LogP) is 4.51. The summed E-state index contributed by atoms with van der Waals surface area (Å²) in [6.07, 6.45) is 1.48. The van der Waals surface area contributed by atoms with Gasteiger partial charge in [-0.15, -0.1) is 11.3 Å². The maximum atomic E-state index is 12.8. The van der Waals surface area contributed by atoms with Gasteiger partial charge in [0.15, 0.2) is 5.76 Å². The Morgan fingerprint density at radius 3 is 2.86 bits per heavy atom. The fourth-order valence-corrected chi connectivity index (χ4v) is 3.54. The van der Waals surface area contributed by atoms with E-state index in [0.717, 1.165) is 10.6 Å². The number of thiazole rings is 1. The summed E-state index contributed by atoms with van der Waals surface area (Å²) in [6, 6.07) is 8.62. The zero-order valence-electron chi connectivity index (χ0n) is 15.6. The van der Waals surface area contributed by atoms with Crippen LogP contribution >= 0.6 is 22.9 Å². The van der Waals surface area contributed by atoms with Crippen LogP contribution in [0.15, 0.2) is 46.4 Å². The highest BCUT2D eigenvalue weighted by Crippen LogP contribution is 2.27. The molecule has 0 saturated carbocycles. The molecule has 8 heteroatoms. The van der Waals surface area contributed by atoms with Gasteiger partial charge in [-0.25, -0.2) is 4.98 Å². The molecule has 0 unspecified atom stereocenters. The van der Waals surface area contributed by atoms with Gasteiger partial charge in [0.2, 0.25) is 0 Å². The SMILES string of the molecule is CC(C)N(Cc1cc(Cl)ccc1OCc1nc(CO)cs1)C(=O)c1ccco1. The molecule has 28 heavy (non-hydrogen) atoms. The van der Waals surface area contributed by atoms with E-state index in [1.54, 1.807) is 40.6 Å². The highest BCUT2D eigenvalue weighted by molar-refractivity contribution is 7.09. The maximum absolute atomic E-state index is 12.8. The number of furan rings is 1. The lowest BCUT2D eigenvalue weighted by molar-refractivity contribution is 0.0655. The third-order valence-corrected chi connectivity index (χ3v) is 5.20. The summed E-state index contributed by atoms with van der Waals surface area (Å²) in [5.41, 5.74) is 1.41. The Kier molecular flexibility index (Phi) is 6.72. The van der Waals surface area contributed by atoms with Crippen LogP contribution < -0.4 is 4.74 Å². The van der Waals surface area contributed by atoms with E-state index < -0.39 is 0 Å². The largest absolute Gasteiger partial charge is 0.486 e. The van der Waals surface area contributed by atoms with Crippen LogP contribution in [0.4, 0.5) is 0 Å². The fourth-order valence-electron chi connectivity index (χ4n) is 2.65. The predicted molar refractivity (Wildman–Crippen MR) is 108 cm³/mol. The smallest absolute Gasteiger partial charge is 0.290 e. The third kappa shape index (κ3) is 4.92. The molecule has 0 radical (unpaired) electrons. The van der Waals surface area contributed by atoms with Crippen LogP contribution in [0.1, 0.15) is 40.7 Å². The van der Waals surface area contributed by atoms with Crippen molar-refractivity contribution in [3.8, 4) is 5.75 Å². The molecule has 6 nitrogen and oxygen atoms in total. The number of halogens is 1. The Labute approximate surface area is 172 Å². The van der Waals surface area contributed by atoms with Crippen LogP contribution in [0.25, 0.3) is 0 Å². The molecule has 0 bridgehead atoms. The lowest BCUT2D eigenvalue weighted by atomic mass is 10.1. The quantitative estimate of drug-likeness (QED) is 0.580. The molecule has 0 spiro atoms. The van der Waals surface area contributed by atoms with Crippen LogP contribution in [0, 0.1) is 0 Å². The first-order valence-corrected chi connectivity index (χ1v) is 10.0. The normalized spacial score (nSPS) is 11.0. The number of aromatic nitrogens is 1. The first-order valence-electron chi connectivity index (χ1n) is 8.77. The molecule has 148 valence electrons. The molecule has 0 aliphatic rings. The standard InChI is InChI=1S/C20H21ClN2O4S/c1-13(2)23(20(25)18-4-3-7-26-18)9-14-8-15(21)5-6-17(14)27-11-19-22-16(10-24)12-28-19/h3-8,12-13,24H,9-11H2,1-2H3. The van der Waals surface area contributed by atoms with Crippen LogP contribution in [-0.2, 0) is 19.8 Å². The molecule has 3 aromatic rings. The van der Waals surface area contributed by atoms with Crippen LogP contribution in [0.3, 0.4) is 0 Å². The summed E-state index contributed by atoms with van der Waals surface area (Å²) in [5, 5.41) is 12.3. The van der Waals surface area contributed by atoms with E-state index in [9.17, 15) is 4.79 Å². The molecule has 0 fully saturated rings. The van der Waals surface area contributed by atoms with Gasteiger partial charge in [0.1, 0.15) is 17.4 Å². The summed E-state index contributed by atoms with van der Waals surface area (Å²) < 4.78 is 11.2. The van der Waals surface area contributed by atoms with Crippen LogP contribution in [0.5, 0.6) is 5.75 Å². The van der Waals surface area contributed by atoms with E-state index in [0.29, 0.717) is 23.0 Å². The van der Waals surface area contributed by atoms with Gasteiger partial charge in [-0.2, -0.15) is 0 Å². The number of amides is 1. The topological polar surface area (TPSA) is 75.8 Å². The van der Waals surface area contributed by atoms with Crippen molar-refractivity contribution in [2.24, 2.45) is 0 Å². The number of carbonyl (C=O) groups excluding carboxylic acids is 1. The Morgan fingerprint density at radius 1 is 1.39 bits per heavy atom. The summed E-state index contributed by atoms with van der Waals surface area (Å²) in [5.74, 6) is 0.721. The summed E-state index contributed by atoms with van der Waals surface area (Å²) in [4.78, 5) is 18.8. The first kappa shape index (κ1) is 20.4. The van der Waals surface area contributed by atoms with E-state index in [1.807, 2.05) is 13.8 Å². The molecule has 2 aromatic heterocycles. The second kappa shape index (κ2) is 9.23. The molecular formula is C20H21ClN2O4S. The zero-order valence-corrected chi connectivity index (χ0v) is 17.2. The number of rotatable bonds is 8. The maximum Gasteiger partial charge on any atom is 0.290 e. The minimum atomic E-state index is -0.196. The van der Waals surface area contributed by atoms with Crippen molar-refractivity contribution in [1.29, 1.82) is 0 Å². The fraction of sp³-hybridized carbons (Fsp3) is 0.300. The van der Waals surface area contributed by atoms with Gasteiger partial charge in [-0.1, -0.05) is 11.6 Å². The molecule has 1 amide bonds. The lowest BCUT2D eigenvalue weighted by Gasteiger charge is -2.27. The Morgan fingerprint density at radius 2 is 2.21 bits per heavy atom. The van der Waals surface area contributed by atoms with E-state index in [2.05, 4.69) is 4.98 Å². The van der Waals surface area contributed by atoms with Gasteiger partial charge in [-0.05, 0) is 44.2 Å². The van der Waals surface area contributed by atoms with Crippen LogP contribution in [-0.4, -0.2) is 26.9 Å². The average molecular weight is 421 g/mol. The molecular weight excluding hydrogens is 400 g/mol. The molecule has 0 saturated heterocycles. The monoisotopic (exact) mass is 420 g/mol. The second-order valence-electron chi connectivity index (χ2n) is 6.44. The van der Waals surface area contributed by atoms with Crippen molar-refractivity contribution in [3.05, 3.63) is 69.0 Å². The highest BCUT2D eigenvalue weighted by Gasteiger charge is 2.23. The highest BCUT2D eigenvalue weighted by atomic mass is 35.5. The molecule has 3 rings (SSSR count). The number of aliphatic hydroxyl groups excluding tert-OH is 1. The van der Waals surface area contributed by atoms with Gasteiger partial charge in [0.25, 0.3) is 5.91 Å². The zero-order chi connectivity index (χ0) is 20.1. The number of aliphatic hydroxyl groups is 1. The molecule has 1 aromatic carbocycles.